The van der Waals surface area contributed by atoms with Gasteiger partial charge in [-0.1, -0.05) is 69.1 Å². The lowest BCUT2D eigenvalue weighted by atomic mass is 9.85. The lowest BCUT2D eigenvalue weighted by Gasteiger charge is -2.35. The molecule has 2 fully saturated rings. The summed E-state index contributed by atoms with van der Waals surface area (Å²) in [7, 11) is 0. The molecule has 5 heterocycles. The van der Waals surface area contributed by atoms with Crippen molar-refractivity contribution in [3.8, 4) is 16.2 Å². The number of unbranched alkanes of at least 4 members (excludes halogenated alkanes) is 2. The Labute approximate surface area is 402 Å². The summed E-state index contributed by atoms with van der Waals surface area (Å²) in [5.74, 6) is -1.26. The van der Waals surface area contributed by atoms with Crippen LogP contribution in [0.2, 0.25) is 5.02 Å². The summed E-state index contributed by atoms with van der Waals surface area (Å²) in [6.07, 6.45) is -2.87. The molecule has 0 radical (unpaired) electrons. The number of aliphatic hydroxyl groups excluding tert-OH is 4. The topological polar surface area (TPSA) is 277 Å². The number of rotatable bonds is 18. The van der Waals surface area contributed by atoms with Crippen LogP contribution in [-0.2, 0) is 30.5 Å². The molecule has 9 N–H and O–H groups in total. The number of thiazole rings is 1. The van der Waals surface area contributed by atoms with E-state index in [4.69, 9.17) is 26.8 Å². The fourth-order valence-corrected chi connectivity index (χ4v) is 9.38. The first-order chi connectivity index (χ1) is 32.4. The maximum atomic E-state index is 14.0. The standard InChI is InChI=1S/C47H58ClN9O10S/c1-25-40(68-24-54-25)27-11-9-26(10-12-27)20-51-44(64)32-19-29(58)21-57(32)45(65)41(47(2,3)4)55-34(59)8-6-5-7-16-50-35(60)22-66-33-18-28(13-14-31(33)48)36(61)39-37(62)38(63)46(67-39)56-17-15-30-42(49)52-23-53-43(30)56/h9-15,17-18,23-24,29,32,36-39,41,46,58,61-63H,5-8,16,19-22H2,1-4H3,(H,50,60)(H,51,64)(H,55,59)(H2,49,52,53)/t29-,32+,36-,37+,38-,39-,41-,46-/m1/s1. The number of hydrogen-bond acceptors (Lipinski definition) is 15. The zero-order chi connectivity index (χ0) is 48.9. The summed E-state index contributed by atoms with van der Waals surface area (Å²) < 4.78 is 13.2. The van der Waals surface area contributed by atoms with Gasteiger partial charge in [-0.25, -0.2) is 15.0 Å². The Kier molecular flexibility index (Phi) is 16.0. The number of hydrogen-bond donors (Lipinski definition) is 8. The predicted molar refractivity (Wildman–Crippen MR) is 253 cm³/mol. The Balaban J connectivity index is 0.827. The van der Waals surface area contributed by atoms with Crippen LogP contribution < -0.4 is 26.4 Å². The molecule has 2 aromatic carbocycles. The number of nitrogens with two attached hydrogens (primary N) is 1. The lowest BCUT2D eigenvalue weighted by Crippen LogP contribution is -2.57. The van der Waals surface area contributed by atoms with E-state index < -0.39 is 72.7 Å². The van der Waals surface area contributed by atoms with Gasteiger partial charge in [0.05, 0.1) is 32.6 Å². The highest BCUT2D eigenvalue weighted by atomic mass is 35.5. The van der Waals surface area contributed by atoms with Gasteiger partial charge in [0.1, 0.15) is 60.0 Å². The number of anilines is 1. The summed E-state index contributed by atoms with van der Waals surface area (Å²) in [5, 5.41) is 52.9. The summed E-state index contributed by atoms with van der Waals surface area (Å²) in [6, 6.07) is 12.0. The first-order valence-electron chi connectivity index (χ1n) is 22.4. The number of carbonyl (C=O) groups is 4. The van der Waals surface area contributed by atoms with Crippen LogP contribution in [0.4, 0.5) is 5.82 Å². The van der Waals surface area contributed by atoms with Crippen LogP contribution in [-0.4, -0.2) is 125 Å². The minimum absolute atomic E-state index is 0.0313. The molecule has 0 bridgehead atoms. The van der Waals surface area contributed by atoms with Gasteiger partial charge in [0.15, 0.2) is 12.8 Å². The van der Waals surface area contributed by atoms with Crippen molar-refractivity contribution >= 4 is 63.4 Å². The lowest BCUT2D eigenvalue weighted by molar-refractivity contribution is -0.144. The van der Waals surface area contributed by atoms with Crippen molar-refractivity contribution in [2.24, 2.45) is 5.41 Å². The number of fused-ring (bicyclic) bond motifs is 1. The third-order valence-corrected chi connectivity index (χ3v) is 13.5. The Bertz CT molecular complexity index is 2590. The number of aromatic nitrogens is 4. The number of amides is 4. The van der Waals surface area contributed by atoms with E-state index in [2.05, 4.69) is 30.9 Å². The van der Waals surface area contributed by atoms with Crippen LogP contribution in [0.5, 0.6) is 5.75 Å². The first kappa shape index (κ1) is 50.1. The van der Waals surface area contributed by atoms with Gasteiger partial charge in [-0.3, -0.25) is 19.2 Å². The van der Waals surface area contributed by atoms with Gasteiger partial charge in [-0.05, 0) is 60.1 Å². The number of nitrogens with one attached hydrogen (secondary N) is 3. The molecule has 4 amide bonds. The van der Waals surface area contributed by atoms with Crippen LogP contribution in [0.25, 0.3) is 21.5 Å². The zero-order valence-corrected chi connectivity index (χ0v) is 39.7. The fraction of sp³-hybridized carbons (Fsp3) is 0.468. The molecule has 0 saturated carbocycles. The Morgan fingerprint density at radius 1 is 0.985 bits per heavy atom. The minimum atomic E-state index is -1.48. The molecule has 2 aliphatic heterocycles. The van der Waals surface area contributed by atoms with Crippen LogP contribution in [0.3, 0.4) is 0 Å². The average molecular weight is 977 g/mol. The second-order valence-electron chi connectivity index (χ2n) is 18.2. The van der Waals surface area contributed by atoms with E-state index >= 15 is 0 Å². The molecule has 2 saturated heterocycles. The maximum Gasteiger partial charge on any atom is 0.257 e. The zero-order valence-electron chi connectivity index (χ0n) is 38.2. The molecule has 7 rings (SSSR count). The largest absolute Gasteiger partial charge is 0.482 e. The second-order valence-corrected chi connectivity index (χ2v) is 19.5. The predicted octanol–water partition coefficient (Wildman–Crippen LogP) is 3.32. The third-order valence-electron chi connectivity index (χ3n) is 12.2. The number of β-amino-alcohol motifs (C(OH)–C–C–N with tert-alkyl or cyclic N) is 1. The Morgan fingerprint density at radius 3 is 2.47 bits per heavy atom. The van der Waals surface area contributed by atoms with Crippen molar-refractivity contribution in [1.82, 2.24) is 40.4 Å². The number of aryl methyl sites for hydroxylation is 1. The number of likely N-dealkylation sites (tertiary alicyclic amines) is 1. The van der Waals surface area contributed by atoms with Gasteiger partial charge in [0.25, 0.3) is 5.91 Å². The van der Waals surface area contributed by atoms with Crippen LogP contribution in [0.1, 0.15) is 82.0 Å². The number of nitrogens with zero attached hydrogens (tertiary/aromatic N) is 5. The molecule has 5 aromatic rings. The number of aliphatic hydroxyl groups is 4. The van der Waals surface area contributed by atoms with Crippen molar-refractivity contribution in [2.45, 2.75) is 115 Å². The number of nitrogen functional groups attached to an aromatic ring is 1. The molecule has 68 heavy (non-hydrogen) atoms. The first-order valence-corrected chi connectivity index (χ1v) is 23.7. The van der Waals surface area contributed by atoms with E-state index in [1.807, 2.05) is 52.0 Å². The highest BCUT2D eigenvalue weighted by molar-refractivity contribution is 7.13. The van der Waals surface area contributed by atoms with E-state index in [1.165, 1.54) is 34.0 Å². The van der Waals surface area contributed by atoms with Crippen molar-refractivity contribution in [1.29, 1.82) is 0 Å². The number of benzene rings is 2. The Hall–Kier alpha value is -5.74. The van der Waals surface area contributed by atoms with Gasteiger partial charge in [0.2, 0.25) is 17.7 Å². The molecular formula is C47H58ClN9O10S. The molecule has 0 aliphatic carbocycles. The summed E-state index contributed by atoms with van der Waals surface area (Å²) in [5.41, 5.74) is 10.5. The molecule has 3 aromatic heterocycles. The molecule has 21 heteroatoms. The monoisotopic (exact) mass is 975 g/mol. The summed E-state index contributed by atoms with van der Waals surface area (Å²) in [4.78, 5) is 68.3. The van der Waals surface area contributed by atoms with Crippen LogP contribution >= 0.6 is 22.9 Å². The van der Waals surface area contributed by atoms with E-state index in [0.29, 0.717) is 36.8 Å². The molecule has 0 spiro atoms. The van der Waals surface area contributed by atoms with Crippen molar-refractivity contribution in [2.75, 3.05) is 25.4 Å². The quantitative estimate of drug-likeness (QED) is 0.0586. The van der Waals surface area contributed by atoms with Gasteiger partial charge in [0, 0.05) is 38.7 Å². The van der Waals surface area contributed by atoms with Crippen molar-refractivity contribution < 1.29 is 49.1 Å². The molecule has 8 atom stereocenters. The number of carbonyl (C=O) groups excluding carboxylic acids is 4. The van der Waals surface area contributed by atoms with E-state index in [1.54, 1.807) is 29.1 Å². The maximum absolute atomic E-state index is 14.0. The number of ether oxygens (including phenoxy) is 2. The summed E-state index contributed by atoms with van der Waals surface area (Å²) in [6.45, 7) is 7.55. The van der Waals surface area contributed by atoms with Crippen molar-refractivity contribution in [3.05, 3.63) is 88.4 Å². The normalized spacial score (nSPS) is 21.4. The van der Waals surface area contributed by atoms with Gasteiger partial charge >= 0.3 is 0 Å². The minimum Gasteiger partial charge on any atom is -0.482 e. The SMILES string of the molecule is Cc1ncsc1-c1ccc(CNC(=O)[C@@H]2C[C@@H](O)CN2C(=O)[C@@H](NC(=O)CCCCCNC(=O)COc2cc([C@@H](O)[C@H]3O[C@@H](n4ccc5c(N)ncnc54)[C@H](O)[C@@H]3O)ccc2Cl)C(C)(C)C)cc1. The van der Waals surface area contributed by atoms with E-state index in [-0.39, 0.29) is 59.9 Å². The van der Waals surface area contributed by atoms with Crippen LogP contribution in [0, 0.1) is 12.3 Å². The fourth-order valence-electron chi connectivity index (χ4n) is 8.40. The van der Waals surface area contributed by atoms with Crippen LogP contribution in [0.15, 0.2) is 66.6 Å². The second kappa shape index (κ2) is 21.7. The average Bonchev–Trinajstić information content (AvgIpc) is 4.11. The van der Waals surface area contributed by atoms with E-state index in [0.717, 1.165) is 21.7 Å². The highest BCUT2D eigenvalue weighted by Gasteiger charge is 2.48. The van der Waals surface area contributed by atoms with E-state index in [9.17, 15) is 39.6 Å². The Morgan fingerprint density at radius 2 is 1.75 bits per heavy atom. The molecule has 2 aliphatic rings. The van der Waals surface area contributed by atoms with Gasteiger partial charge in [-0.2, -0.15) is 0 Å². The van der Waals surface area contributed by atoms with Gasteiger partial charge < -0.3 is 61.1 Å². The molecule has 19 nitrogen and oxygen atoms in total. The molecular weight excluding hydrogens is 918 g/mol. The highest BCUT2D eigenvalue weighted by Crippen LogP contribution is 2.39. The van der Waals surface area contributed by atoms with Gasteiger partial charge in [-0.15, -0.1) is 11.3 Å². The van der Waals surface area contributed by atoms with Crippen molar-refractivity contribution in [3.63, 3.8) is 0 Å². The smallest absolute Gasteiger partial charge is 0.257 e. The molecule has 0 unspecified atom stereocenters. The third kappa shape index (κ3) is 11.6. The molecule has 364 valence electrons. The number of halogens is 1. The summed E-state index contributed by atoms with van der Waals surface area (Å²) >= 11 is 7.92.